The SMILES string of the molecule is c1ccc2c(c1)N1c3ccccc3N3c4ccccc4N2C13. The van der Waals surface area contributed by atoms with E-state index in [0.717, 1.165) is 0 Å². The molecule has 3 aromatic carbocycles. The molecule has 0 atom stereocenters. The highest BCUT2D eigenvalue weighted by atomic mass is 15.6. The molecule has 0 bridgehead atoms. The zero-order valence-electron chi connectivity index (χ0n) is 11.8. The normalized spacial score (nSPS) is 16.6. The van der Waals surface area contributed by atoms with Gasteiger partial charge in [0.15, 0.2) is 6.29 Å². The molecular formula is C19H13N3. The van der Waals surface area contributed by atoms with E-state index in [9.17, 15) is 0 Å². The van der Waals surface area contributed by atoms with Crippen molar-refractivity contribution in [1.29, 1.82) is 0 Å². The molecule has 0 unspecified atom stereocenters. The number of para-hydroxylation sites is 6. The topological polar surface area (TPSA) is 9.72 Å². The predicted octanol–water partition coefficient (Wildman–Crippen LogP) is 4.73. The lowest BCUT2D eigenvalue weighted by Crippen LogP contribution is -2.40. The monoisotopic (exact) mass is 283 g/mol. The van der Waals surface area contributed by atoms with Crippen LogP contribution in [0.4, 0.5) is 34.1 Å². The van der Waals surface area contributed by atoms with Crippen LogP contribution in [-0.2, 0) is 0 Å². The van der Waals surface area contributed by atoms with E-state index in [1.165, 1.54) is 34.1 Å². The smallest absolute Gasteiger partial charge is 0.194 e. The summed E-state index contributed by atoms with van der Waals surface area (Å²) in [6.07, 6.45) is 0.201. The summed E-state index contributed by atoms with van der Waals surface area (Å²) in [4.78, 5) is 7.35. The van der Waals surface area contributed by atoms with Crippen LogP contribution >= 0.6 is 0 Å². The molecule has 0 radical (unpaired) electrons. The number of nitrogens with zero attached hydrogens (tertiary/aromatic N) is 3. The van der Waals surface area contributed by atoms with Gasteiger partial charge < -0.3 is 0 Å². The highest BCUT2D eigenvalue weighted by Crippen LogP contribution is 2.62. The Balaban J connectivity index is 1.77. The lowest BCUT2D eigenvalue weighted by molar-refractivity contribution is 0.770. The first-order valence-electron chi connectivity index (χ1n) is 7.60. The third kappa shape index (κ3) is 1.01. The average molecular weight is 283 g/mol. The van der Waals surface area contributed by atoms with Gasteiger partial charge in [-0.05, 0) is 36.4 Å². The fraction of sp³-hybridized carbons (Fsp3) is 0.0526. The lowest BCUT2D eigenvalue weighted by atomic mass is 10.2. The van der Waals surface area contributed by atoms with Gasteiger partial charge in [0.05, 0.1) is 34.1 Å². The zero-order chi connectivity index (χ0) is 14.3. The van der Waals surface area contributed by atoms with E-state index >= 15 is 0 Å². The summed E-state index contributed by atoms with van der Waals surface area (Å²) in [7, 11) is 0. The van der Waals surface area contributed by atoms with Crippen LogP contribution in [0.1, 0.15) is 0 Å². The van der Waals surface area contributed by atoms with Crippen molar-refractivity contribution < 1.29 is 0 Å². The van der Waals surface area contributed by atoms with Gasteiger partial charge in [-0.3, -0.25) is 14.7 Å². The molecule has 0 saturated heterocycles. The van der Waals surface area contributed by atoms with Crippen LogP contribution in [0.15, 0.2) is 72.8 Å². The number of fused-ring (bicyclic) bond motifs is 9. The third-order valence-electron chi connectivity index (χ3n) is 4.90. The maximum atomic E-state index is 2.45. The van der Waals surface area contributed by atoms with Crippen molar-refractivity contribution in [3.05, 3.63) is 72.8 Å². The van der Waals surface area contributed by atoms with Gasteiger partial charge in [-0.15, -0.1) is 0 Å². The maximum Gasteiger partial charge on any atom is 0.194 e. The van der Waals surface area contributed by atoms with Gasteiger partial charge >= 0.3 is 0 Å². The predicted molar refractivity (Wildman–Crippen MR) is 89.5 cm³/mol. The molecule has 3 heterocycles. The Morgan fingerprint density at radius 3 is 0.864 bits per heavy atom. The van der Waals surface area contributed by atoms with Gasteiger partial charge in [0.1, 0.15) is 0 Å². The molecule has 0 aliphatic carbocycles. The third-order valence-corrected chi connectivity index (χ3v) is 4.90. The maximum absolute atomic E-state index is 2.45. The Kier molecular flexibility index (Phi) is 1.68. The first-order valence-corrected chi connectivity index (χ1v) is 7.60. The molecule has 6 rings (SSSR count). The highest BCUT2D eigenvalue weighted by molar-refractivity contribution is 6.05. The number of anilines is 6. The molecule has 3 heteroatoms. The van der Waals surface area contributed by atoms with Crippen LogP contribution in [-0.4, -0.2) is 6.29 Å². The van der Waals surface area contributed by atoms with E-state index in [1.54, 1.807) is 0 Å². The van der Waals surface area contributed by atoms with Crippen molar-refractivity contribution in [1.82, 2.24) is 0 Å². The van der Waals surface area contributed by atoms with Crippen molar-refractivity contribution in [2.75, 3.05) is 14.7 Å². The summed E-state index contributed by atoms with van der Waals surface area (Å²) in [6.45, 7) is 0. The van der Waals surface area contributed by atoms with Crippen LogP contribution in [0.2, 0.25) is 0 Å². The molecule has 22 heavy (non-hydrogen) atoms. The van der Waals surface area contributed by atoms with Gasteiger partial charge in [0, 0.05) is 0 Å². The molecule has 0 fully saturated rings. The van der Waals surface area contributed by atoms with Crippen molar-refractivity contribution in [3.8, 4) is 0 Å². The second-order valence-electron chi connectivity index (χ2n) is 5.92. The fourth-order valence-corrected chi connectivity index (χ4v) is 4.10. The minimum atomic E-state index is 0.201. The number of rotatable bonds is 0. The minimum Gasteiger partial charge on any atom is -0.298 e. The van der Waals surface area contributed by atoms with Crippen molar-refractivity contribution >= 4 is 34.1 Å². The molecule has 0 aromatic heterocycles. The fourth-order valence-electron chi connectivity index (χ4n) is 4.10. The van der Waals surface area contributed by atoms with E-state index < -0.39 is 0 Å². The van der Waals surface area contributed by atoms with Crippen molar-refractivity contribution in [3.63, 3.8) is 0 Å². The summed E-state index contributed by atoms with van der Waals surface area (Å²) < 4.78 is 0. The van der Waals surface area contributed by atoms with Crippen LogP contribution in [0.25, 0.3) is 0 Å². The Bertz CT molecular complexity index is 742. The molecule has 0 saturated carbocycles. The summed E-state index contributed by atoms with van der Waals surface area (Å²) in [5.74, 6) is 0. The summed E-state index contributed by atoms with van der Waals surface area (Å²) in [6, 6.07) is 26.1. The summed E-state index contributed by atoms with van der Waals surface area (Å²) in [5, 5.41) is 0. The van der Waals surface area contributed by atoms with Crippen molar-refractivity contribution in [2.45, 2.75) is 6.29 Å². The molecule has 3 aliphatic heterocycles. The first kappa shape index (κ1) is 10.7. The van der Waals surface area contributed by atoms with Crippen LogP contribution in [0.3, 0.4) is 0 Å². The van der Waals surface area contributed by atoms with Gasteiger partial charge in [-0.2, -0.15) is 0 Å². The second-order valence-corrected chi connectivity index (χ2v) is 5.92. The molecule has 104 valence electrons. The number of hydrogen-bond acceptors (Lipinski definition) is 3. The van der Waals surface area contributed by atoms with E-state index in [4.69, 9.17) is 0 Å². The highest BCUT2D eigenvalue weighted by Gasteiger charge is 2.52. The molecule has 3 aliphatic rings. The van der Waals surface area contributed by atoms with Crippen LogP contribution < -0.4 is 14.7 Å². The number of hydrogen-bond donors (Lipinski definition) is 0. The van der Waals surface area contributed by atoms with Crippen molar-refractivity contribution in [2.24, 2.45) is 0 Å². The quantitative estimate of drug-likeness (QED) is 0.591. The molecule has 0 spiro atoms. The van der Waals surface area contributed by atoms with E-state index in [2.05, 4.69) is 87.5 Å². The van der Waals surface area contributed by atoms with Gasteiger partial charge in [-0.25, -0.2) is 0 Å². The number of benzene rings is 3. The molecule has 0 N–H and O–H groups in total. The Hall–Kier alpha value is -2.94. The standard InChI is InChI=1S/C19H13N3/c1-2-8-14-13(7-1)20-15-9-3-4-10-16(15)22-18-12-6-5-11-17(18)21(14)19(20)22/h1-12,19H. The largest absolute Gasteiger partial charge is 0.298 e. The Morgan fingerprint density at radius 2 is 0.636 bits per heavy atom. The molecule has 0 amide bonds. The minimum absolute atomic E-state index is 0.201. The van der Waals surface area contributed by atoms with Crippen LogP contribution in [0.5, 0.6) is 0 Å². The summed E-state index contributed by atoms with van der Waals surface area (Å²) >= 11 is 0. The Morgan fingerprint density at radius 1 is 0.409 bits per heavy atom. The first-order chi connectivity index (χ1) is 10.9. The summed E-state index contributed by atoms with van der Waals surface area (Å²) in [5.41, 5.74) is 7.73. The molecule has 3 aromatic rings. The zero-order valence-corrected chi connectivity index (χ0v) is 11.8. The van der Waals surface area contributed by atoms with E-state index in [1.807, 2.05) is 0 Å². The van der Waals surface area contributed by atoms with Crippen LogP contribution in [0, 0.1) is 0 Å². The van der Waals surface area contributed by atoms with Gasteiger partial charge in [-0.1, -0.05) is 36.4 Å². The molecular weight excluding hydrogens is 270 g/mol. The second kappa shape index (κ2) is 3.45. The lowest BCUT2D eigenvalue weighted by Gasteiger charge is -2.24. The van der Waals surface area contributed by atoms with E-state index in [-0.39, 0.29) is 6.29 Å². The average Bonchev–Trinajstić information content (AvgIpc) is 3.19. The Labute approximate surface area is 128 Å². The molecule has 3 nitrogen and oxygen atoms in total. The van der Waals surface area contributed by atoms with Gasteiger partial charge in [0.2, 0.25) is 0 Å². The van der Waals surface area contributed by atoms with Gasteiger partial charge in [0.25, 0.3) is 0 Å². The van der Waals surface area contributed by atoms with E-state index in [0.29, 0.717) is 0 Å².